The van der Waals surface area contributed by atoms with E-state index in [1.54, 1.807) is 18.2 Å². The Labute approximate surface area is 165 Å². The van der Waals surface area contributed by atoms with Gasteiger partial charge in [0, 0.05) is 35.9 Å². The van der Waals surface area contributed by atoms with Gasteiger partial charge < -0.3 is 20.1 Å². The number of nitro groups is 1. The number of ether oxygens (including phenoxy) is 2. The lowest BCUT2D eigenvalue weighted by molar-refractivity contribution is -0.384. The number of halogens is 1. The molecule has 0 aliphatic carbocycles. The summed E-state index contributed by atoms with van der Waals surface area (Å²) in [6.07, 6.45) is 0. The van der Waals surface area contributed by atoms with Crippen LogP contribution in [0, 0.1) is 10.1 Å². The predicted octanol–water partition coefficient (Wildman–Crippen LogP) is 2.64. The van der Waals surface area contributed by atoms with Crippen molar-refractivity contribution in [3.05, 3.63) is 63.2 Å². The Morgan fingerprint density at radius 3 is 2.50 bits per heavy atom. The maximum Gasteiger partial charge on any atom is 0.342 e. The van der Waals surface area contributed by atoms with E-state index in [1.807, 2.05) is 0 Å². The van der Waals surface area contributed by atoms with Crippen LogP contribution in [-0.2, 0) is 9.53 Å². The second-order valence-electron chi connectivity index (χ2n) is 5.50. The van der Waals surface area contributed by atoms with Gasteiger partial charge in [-0.05, 0) is 30.3 Å². The van der Waals surface area contributed by atoms with Gasteiger partial charge in [0.2, 0.25) is 0 Å². The van der Waals surface area contributed by atoms with Crippen molar-refractivity contribution in [3.63, 3.8) is 0 Å². The number of nitrogens with one attached hydrogen (secondary N) is 2. The third kappa shape index (κ3) is 6.13. The Morgan fingerprint density at radius 1 is 1.14 bits per heavy atom. The highest BCUT2D eigenvalue weighted by molar-refractivity contribution is 6.31. The smallest absolute Gasteiger partial charge is 0.342 e. The molecule has 0 spiro atoms. The first-order valence-electron chi connectivity index (χ1n) is 8.16. The van der Waals surface area contributed by atoms with E-state index in [9.17, 15) is 19.7 Å². The number of carbonyl (C=O) groups is 2. The number of hydrogen-bond acceptors (Lipinski definition) is 7. The van der Waals surface area contributed by atoms with Gasteiger partial charge in [-0.1, -0.05) is 11.6 Å². The number of nitrogens with zero attached hydrogens (tertiary/aromatic N) is 1. The minimum Gasteiger partial charge on any atom is -0.496 e. The van der Waals surface area contributed by atoms with Crippen LogP contribution in [0.25, 0.3) is 0 Å². The molecule has 0 fully saturated rings. The van der Waals surface area contributed by atoms with Crippen LogP contribution in [-0.4, -0.2) is 43.6 Å². The summed E-state index contributed by atoms with van der Waals surface area (Å²) in [6.45, 7) is 0.208. The molecule has 148 valence electrons. The average Bonchev–Trinajstić information content (AvgIpc) is 2.69. The van der Waals surface area contributed by atoms with Gasteiger partial charge in [0.15, 0.2) is 6.61 Å². The highest BCUT2D eigenvalue weighted by Gasteiger charge is 2.15. The molecule has 0 saturated carbocycles. The van der Waals surface area contributed by atoms with Crippen LogP contribution in [0.5, 0.6) is 5.75 Å². The molecule has 1 amide bonds. The fourth-order valence-corrected chi connectivity index (χ4v) is 2.38. The molecule has 0 unspecified atom stereocenters. The summed E-state index contributed by atoms with van der Waals surface area (Å²) in [5, 5.41) is 16.5. The molecule has 0 radical (unpaired) electrons. The molecular formula is C18H18ClN3O6. The lowest BCUT2D eigenvalue weighted by Crippen LogP contribution is -2.32. The van der Waals surface area contributed by atoms with Gasteiger partial charge in [-0.2, -0.15) is 0 Å². The topological polar surface area (TPSA) is 120 Å². The minimum absolute atomic E-state index is 0.00278. The van der Waals surface area contributed by atoms with E-state index in [4.69, 9.17) is 21.1 Å². The number of benzene rings is 2. The number of methoxy groups -OCH3 is 1. The summed E-state index contributed by atoms with van der Waals surface area (Å²) in [4.78, 5) is 34.0. The molecule has 0 atom stereocenters. The van der Waals surface area contributed by atoms with E-state index in [2.05, 4.69) is 10.6 Å². The normalized spacial score (nSPS) is 10.1. The van der Waals surface area contributed by atoms with Gasteiger partial charge in [-0.3, -0.25) is 14.9 Å². The third-order valence-electron chi connectivity index (χ3n) is 3.57. The quantitative estimate of drug-likeness (QED) is 0.284. The van der Waals surface area contributed by atoms with Gasteiger partial charge in [-0.15, -0.1) is 0 Å². The van der Waals surface area contributed by atoms with Crippen LogP contribution in [0.1, 0.15) is 10.4 Å². The summed E-state index contributed by atoms with van der Waals surface area (Å²) in [5.41, 5.74) is 0.805. The molecule has 0 bridgehead atoms. The molecule has 2 aromatic rings. The van der Waals surface area contributed by atoms with Gasteiger partial charge in [0.05, 0.1) is 12.0 Å². The lowest BCUT2D eigenvalue weighted by atomic mass is 10.2. The van der Waals surface area contributed by atoms with Gasteiger partial charge >= 0.3 is 5.97 Å². The molecule has 0 saturated heterocycles. The van der Waals surface area contributed by atoms with Crippen LogP contribution in [0.2, 0.25) is 5.02 Å². The first kappa shape index (κ1) is 21.0. The maximum absolute atomic E-state index is 12.1. The Morgan fingerprint density at radius 2 is 1.86 bits per heavy atom. The Hall–Kier alpha value is -3.33. The fourth-order valence-electron chi connectivity index (χ4n) is 2.21. The predicted molar refractivity (Wildman–Crippen MR) is 103 cm³/mol. The molecule has 2 rings (SSSR count). The molecular weight excluding hydrogens is 390 g/mol. The van der Waals surface area contributed by atoms with Crippen molar-refractivity contribution >= 4 is 34.9 Å². The summed E-state index contributed by atoms with van der Waals surface area (Å²) in [5.74, 6) is -0.902. The van der Waals surface area contributed by atoms with Gasteiger partial charge in [0.25, 0.3) is 11.6 Å². The number of non-ortho nitro benzene ring substituents is 1. The molecule has 0 aromatic heterocycles. The molecule has 0 aliphatic heterocycles. The van der Waals surface area contributed by atoms with Crippen molar-refractivity contribution in [2.45, 2.75) is 0 Å². The van der Waals surface area contributed by atoms with E-state index >= 15 is 0 Å². The van der Waals surface area contributed by atoms with Crippen molar-refractivity contribution in [3.8, 4) is 5.75 Å². The SMILES string of the molecule is COc1ccc(Cl)cc1C(=O)OCC(=O)NCCNc1ccc([N+](=O)[O-])cc1. The fraction of sp³-hybridized carbons (Fsp3) is 0.222. The standard InChI is InChI=1S/C18H18ClN3O6/c1-27-16-7-2-12(19)10-15(16)18(24)28-11-17(23)21-9-8-20-13-3-5-14(6-4-13)22(25)26/h2-7,10,20H,8-9,11H2,1H3,(H,21,23). The van der Waals surface area contributed by atoms with Crippen molar-refractivity contribution in [1.82, 2.24) is 5.32 Å². The van der Waals surface area contributed by atoms with Crippen molar-refractivity contribution in [2.24, 2.45) is 0 Å². The zero-order chi connectivity index (χ0) is 20.5. The first-order chi connectivity index (χ1) is 13.4. The zero-order valence-corrected chi connectivity index (χ0v) is 15.7. The van der Waals surface area contributed by atoms with Crippen LogP contribution in [0.4, 0.5) is 11.4 Å². The molecule has 10 heteroatoms. The molecule has 9 nitrogen and oxygen atoms in total. The largest absolute Gasteiger partial charge is 0.496 e. The van der Waals surface area contributed by atoms with Crippen LogP contribution >= 0.6 is 11.6 Å². The van der Waals surface area contributed by atoms with E-state index in [0.29, 0.717) is 23.0 Å². The van der Waals surface area contributed by atoms with Gasteiger partial charge in [0.1, 0.15) is 11.3 Å². The first-order valence-corrected chi connectivity index (χ1v) is 8.54. The molecule has 0 heterocycles. The van der Waals surface area contributed by atoms with Crippen LogP contribution < -0.4 is 15.4 Å². The number of nitro benzene ring substituents is 1. The number of esters is 1. The summed E-state index contributed by atoms with van der Waals surface area (Å²) < 4.78 is 10.0. The maximum atomic E-state index is 12.1. The second-order valence-corrected chi connectivity index (χ2v) is 5.94. The van der Waals surface area contributed by atoms with E-state index in [-0.39, 0.29) is 17.8 Å². The summed E-state index contributed by atoms with van der Waals surface area (Å²) in [7, 11) is 1.41. The highest BCUT2D eigenvalue weighted by Crippen LogP contribution is 2.23. The highest BCUT2D eigenvalue weighted by atomic mass is 35.5. The molecule has 0 aliphatic rings. The van der Waals surface area contributed by atoms with E-state index in [1.165, 1.54) is 31.4 Å². The zero-order valence-electron chi connectivity index (χ0n) is 14.9. The number of hydrogen-bond donors (Lipinski definition) is 2. The molecule has 2 N–H and O–H groups in total. The van der Waals surface area contributed by atoms with Crippen molar-refractivity contribution in [1.29, 1.82) is 0 Å². The monoisotopic (exact) mass is 407 g/mol. The van der Waals surface area contributed by atoms with E-state index in [0.717, 1.165) is 0 Å². The average molecular weight is 408 g/mol. The number of amides is 1. The van der Waals surface area contributed by atoms with Gasteiger partial charge in [-0.25, -0.2) is 4.79 Å². The number of carbonyl (C=O) groups excluding carboxylic acids is 2. The molecule has 28 heavy (non-hydrogen) atoms. The van der Waals surface area contributed by atoms with E-state index < -0.39 is 23.4 Å². The minimum atomic E-state index is -0.724. The summed E-state index contributed by atoms with van der Waals surface area (Å²) >= 11 is 5.86. The van der Waals surface area contributed by atoms with Crippen molar-refractivity contribution < 1.29 is 24.0 Å². The number of rotatable bonds is 9. The Kier molecular flexibility index (Phi) is 7.58. The Bertz CT molecular complexity index is 857. The Balaban J connectivity index is 1.72. The van der Waals surface area contributed by atoms with Crippen LogP contribution in [0.3, 0.4) is 0 Å². The third-order valence-corrected chi connectivity index (χ3v) is 3.81. The molecule has 2 aromatic carbocycles. The van der Waals surface area contributed by atoms with Crippen molar-refractivity contribution in [2.75, 3.05) is 32.1 Å². The van der Waals surface area contributed by atoms with Crippen LogP contribution in [0.15, 0.2) is 42.5 Å². The number of anilines is 1. The lowest BCUT2D eigenvalue weighted by Gasteiger charge is -2.10. The summed E-state index contributed by atoms with van der Waals surface area (Å²) in [6, 6.07) is 10.4. The second kappa shape index (κ2) is 10.1.